The van der Waals surface area contributed by atoms with Crippen molar-refractivity contribution in [2.75, 3.05) is 20.8 Å². The largest absolute Gasteiger partial charge is 0.380 e. The number of ether oxygens (including phenoxy) is 2. The van der Waals surface area contributed by atoms with E-state index in [1.54, 1.807) is 13.2 Å². The highest BCUT2D eigenvalue weighted by Crippen LogP contribution is 2.10. The first-order chi connectivity index (χ1) is 10.4. The average molecular weight is 328 g/mol. The fourth-order valence-electron chi connectivity index (χ4n) is 1.49. The predicted molar refractivity (Wildman–Crippen MR) is 90.2 cm³/mol. The minimum absolute atomic E-state index is 0.206. The van der Waals surface area contributed by atoms with Crippen LogP contribution < -0.4 is 0 Å². The zero-order valence-corrected chi connectivity index (χ0v) is 14.0. The number of halogens is 2. The molecule has 0 aliphatic rings. The minimum Gasteiger partial charge on any atom is -0.380 e. The summed E-state index contributed by atoms with van der Waals surface area (Å²) >= 11 is 3.71. The van der Waals surface area contributed by atoms with Crippen LogP contribution in [0.5, 0.6) is 0 Å². The third-order valence-electron chi connectivity index (χ3n) is 2.52. The van der Waals surface area contributed by atoms with Crippen molar-refractivity contribution in [3.05, 3.63) is 70.7 Å². The molecule has 2 nitrogen and oxygen atoms in total. The third-order valence-corrected chi connectivity index (χ3v) is 2.67. The van der Waals surface area contributed by atoms with E-state index in [0.717, 1.165) is 11.1 Å². The summed E-state index contributed by atoms with van der Waals surface area (Å²) in [5.74, 6) is -0.579. The van der Waals surface area contributed by atoms with Crippen molar-refractivity contribution in [1.29, 1.82) is 0 Å². The molecule has 0 spiro atoms. The summed E-state index contributed by atoms with van der Waals surface area (Å²) in [5.41, 5.74) is 2.57. The van der Waals surface area contributed by atoms with Crippen LogP contribution in [0.1, 0.15) is 11.1 Å². The van der Waals surface area contributed by atoms with Crippen molar-refractivity contribution < 1.29 is 18.3 Å². The number of allylic oxidation sites excluding steroid dienone is 2. The molecular formula is C17H22F2O2S. The SMILES string of the molecule is C=C(/C=C(F)\C=C/S)COC.COCc1cc(F)ccc1C. The molecule has 0 N–H and O–H groups in total. The molecule has 1 aromatic rings. The van der Waals surface area contributed by atoms with Crippen molar-refractivity contribution in [1.82, 2.24) is 0 Å². The fraction of sp³-hybridized carbons (Fsp3) is 0.294. The van der Waals surface area contributed by atoms with Gasteiger partial charge in [-0.05, 0) is 53.3 Å². The first-order valence-corrected chi connectivity index (χ1v) is 7.04. The van der Waals surface area contributed by atoms with Gasteiger partial charge in [-0.3, -0.25) is 0 Å². The van der Waals surface area contributed by atoms with E-state index in [1.807, 2.05) is 6.92 Å². The zero-order chi connectivity index (χ0) is 17.0. The van der Waals surface area contributed by atoms with E-state index < -0.39 is 0 Å². The first-order valence-electron chi connectivity index (χ1n) is 6.53. The maximum atomic E-state index is 12.6. The Hall–Kier alpha value is -1.43. The first kappa shape index (κ1) is 20.6. The molecule has 0 heterocycles. The molecule has 5 heteroatoms. The van der Waals surface area contributed by atoms with Crippen LogP contribution in [-0.4, -0.2) is 20.8 Å². The number of methoxy groups -OCH3 is 2. The molecule has 0 radical (unpaired) electrons. The molecule has 0 aliphatic carbocycles. The fourth-order valence-corrected chi connectivity index (χ4v) is 1.63. The summed E-state index contributed by atoms with van der Waals surface area (Å²) < 4.78 is 34.8. The van der Waals surface area contributed by atoms with Crippen LogP contribution in [0.4, 0.5) is 8.78 Å². The molecule has 1 rings (SSSR count). The van der Waals surface area contributed by atoms with E-state index in [4.69, 9.17) is 9.47 Å². The van der Waals surface area contributed by atoms with Crippen molar-refractivity contribution in [3.63, 3.8) is 0 Å². The lowest BCUT2D eigenvalue weighted by molar-refractivity contribution is 0.184. The summed E-state index contributed by atoms with van der Waals surface area (Å²) in [7, 11) is 3.13. The Balaban J connectivity index is 0.000000401. The normalized spacial score (nSPS) is 11.3. The van der Waals surface area contributed by atoms with E-state index in [2.05, 4.69) is 19.2 Å². The van der Waals surface area contributed by atoms with Crippen LogP contribution in [0.15, 0.2) is 53.7 Å². The molecule has 122 valence electrons. The van der Waals surface area contributed by atoms with Gasteiger partial charge in [-0.1, -0.05) is 12.6 Å². The number of hydrogen-bond donors (Lipinski definition) is 1. The van der Waals surface area contributed by atoms with E-state index in [9.17, 15) is 8.78 Å². The van der Waals surface area contributed by atoms with E-state index in [1.165, 1.54) is 36.8 Å². The molecule has 0 aromatic heterocycles. The van der Waals surface area contributed by atoms with Gasteiger partial charge < -0.3 is 9.47 Å². The van der Waals surface area contributed by atoms with Crippen molar-refractivity contribution in [3.8, 4) is 0 Å². The van der Waals surface area contributed by atoms with Gasteiger partial charge in [-0.15, -0.1) is 0 Å². The zero-order valence-electron chi connectivity index (χ0n) is 13.1. The van der Waals surface area contributed by atoms with Crippen LogP contribution in [0.3, 0.4) is 0 Å². The van der Waals surface area contributed by atoms with Crippen molar-refractivity contribution in [2.24, 2.45) is 0 Å². The number of hydrogen-bond acceptors (Lipinski definition) is 3. The van der Waals surface area contributed by atoms with Crippen molar-refractivity contribution in [2.45, 2.75) is 13.5 Å². The molecule has 0 amide bonds. The highest BCUT2D eigenvalue weighted by atomic mass is 32.1. The third kappa shape index (κ3) is 9.50. The quantitative estimate of drug-likeness (QED) is 0.599. The van der Waals surface area contributed by atoms with Gasteiger partial charge in [-0.2, -0.15) is 12.6 Å². The second kappa shape index (κ2) is 12.1. The molecule has 0 saturated heterocycles. The Labute approximate surface area is 136 Å². The van der Waals surface area contributed by atoms with Crippen LogP contribution in [0.25, 0.3) is 0 Å². The van der Waals surface area contributed by atoms with Gasteiger partial charge in [0.1, 0.15) is 11.6 Å². The Bertz CT molecular complexity index is 525. The van der Waals surface area contributed by atoms with Crippen LogP contribution in [-0.2, 0) is 16.1 Å². The van der Waals surface area contributed by atoms with Gasteiger partial charge in [0, 0.05) is 14.2 Å². The minimum atomic E-state index is -0.373. The van der Waals surface area contributed by atoms with Gasteiger partial charge in [-0.25, -0.2) is 8.78 Å². The average Bonchev–Trinajstić information content (AvgIpc) is 2.44. The van der Waals surface area contributed by atoms with Gasteiger partial charge >= 0.3 is 0 Å². The number of thiol groups is 1. The van der Waals surface area contributed by atoms with Gasteiger partial charge in [0.15, 0.2) is 0 Å². The van der Waals surface area contributed by atoms with Gasteiger partial charge in [0.25, 0.3) is 0 Å². The van der Waals surface area contributed by atoms with Crippen LogP contribution in [0.2, 0.25) is 0 Å². The van der Waals surface area contributed by atoms with Gasteiger partial charge in [0.2, 0.25) is 0 Å². The lowest BCUT2D eigenvalue weighted by atomic mass is 10.1. The molecule has 0 saturated carbocycles. The highest BCUT2D eigenvalue weighted by Gasteiger charge is 1.98. The molecule has 0 atom stereocenters. The smallest absolute Gasteiger partial charge is 0.124 e. The predicted octanol–water partition coefficient (Wildman–Crippen LogP) is 4.77. The monoisotopic (exact) mass is 328 g/mol. The maximum absolute atomic E-state index is 12.6. The topological polar surface area (TPSA) is 18.5 Å². The molecule has 0 fully saturated rings. The number of aryl methyl sites for hydroxylation is 1. The Morgan fingerprint density at radius 3 is 2.55 bits per heavy atom. The summed E-state index contributed by atoms with van der Waals surface area (Å²) in [6.45, 7) is 6.32. The maximum Gasteiger partial charge on any atom is 0.124 e. The highest BCUT2D eigenvalue weighted by molar-refractivity contribution is 7.83. The summed E-state index contributed by atoms with van der Waals surface area (Å²) in [6.07, 6.45) is 2.54. The van der Waals surface area contributed by atoms with Gasteiger partial charge in [0.05, 0.1) is 13.2 Å². The Morgan fingerprint density at radius 2 is 2.00 bits per heavy atom. The molecular weight excluding hydrogens is 306 g/mol. The number of benzene rings is 1. The summed E-state index contributed by atoms with van der Waals surface area (Å²) in [4.78, 5) is 0. The number of rotatable bonds is 6. The lowest BCUT2D eigenvalue weighted by Crippen LogP contribution is -1.92. The van der Waals surface area contributed by atoms with E-state index in [0.29, 0.717) is 18.8 Å². The molecule has 22 heavy (non-hydrogen) atoms. The second-order valence-electron chi connectivity index (χ2n) is 4.44. The Morgan fingerprint density at radius 1 is 1.32 bits per heavy atom. The second-order valence-corrected chi connectivity index (χ2v) is 4.74. The van der Waals surface area contributed by atoms with Crippen LogP contribution >= 0.6 is 12.6 Å². The van der Waals surface area contributed by atoms with Crippen LogP contribution in [0, 0.1) is 12.7 Å². The Kier molecular flexibility index (Phi) is 11.4. The molecule has 0 aliphatic heterocycles. The standard InChI is InChI=1S/C9H11FO.C8H11FOS/c1-7-3-4-9(10)5-8(7)6-11-2;1-7(6-10-2)5-8(9)3-4-11/h3-5H,6H2,1-2H3;3-5,11H,1,6H2,2H3/b;4-3-,8-5+. The lowest BCUT2D eigenvalue weighted by Gasteiger charge is -2.03. The molecule has 0 unspecified atom stereocenters. The summed E-state index contributed by atoms with van der Waals surface area (Å²) in [6, 6.07) is 4.71. The van der Waals surface area contributed by atoms with Crippen molar-refractivity contribution >= 4 is 12.6 Å². The molecule has 0 bridgehead atoms. The molecule has 1 aromatic carbocycles. The van der Waals surface area contributed by atoms with E-state index >= 15 is 0 Å². The summed E-state index contributed by atoms with van der Waals surface area (Å²) in [5, 5.41) is 1.33. The van der Waals surface area contributed by atoms with E-state index in [-0.39, 0.29) is 11.6 Å².